The van der Waals surface area contributed by atoms with Crippen LogP contribution in [0.3, 0.4) is 0 Å². The molecular weight excluding hydrogens is 446 g/mol. The number of sulfonamides is 1. The molecule has 0 fully saturated rings. The second-order valence-electron chi connectivity index (χ2n) is 5.74. The second kappa shape index (κ2) is 8.35. The summed E-state index contributed by atoms with van der Waals surface area (Å²) in [6.07, 6.45) is -0.381. The fourth-order valence-corrected chi connectivity index (χ4v) is 6.06. The lowest BCUT2D eigenvalue weighted by Crippen LogP contribution is -2.31. The molecule has 2 aromatic carbocycles. The van der Waals surface area contributed by atoms with Crippen LogP contribution in [0, 0.1) is 6.92 Å². The Labute approximate surface area is 173 Å². The molecule has 1 aromatic heterocycles. The summed E-state index contributed by atoms with van der Waals surface area (Å²) in [4.78, 5) is 4.07. The highest BCUT2D eigenvalue weighted by atomic mass is 35.5. The Balaban J connectivity index is 2.12. The SMILES string of the molecule is CCO[P+](=O)CN(c1ccc2nc(C)oc2c1)S(=O)(=O)c1cc(Cl)cc(Cl)c1. The van der Waals surface area contributed by atoms with Crippen LogP contribution in [-0.4, -0.2) is 26.3 Å². The average molecular weight is 462 g/mol. The van der Waals surface area contributed by atoms with Gasteiger partial charge in [0.1, 0.15) is 5.52 Å². The number of aromatic nitrogens is 1. The zero-order chi connectivity index (χ0) is 20.5. The van der Waals surface area contributed by atoms with Crippen molar-refractivity contribution in [3.63, 3.8) is 0 Å². The van der Waals surface area contributed by atoms with Crippen molar-refractivity contribution in [1.29, 1.82) is 0 Å². The maximum atomic E-state index is 13.3. The Morgan fingerprint density at radius 3 is 2.50 bits per heavy atom. The highest BCUT2D eigenvalue weighted by Crippen LogP contribution is 2.34. The third kappa shape index (κ3) is 4.47. The van der Waals surface area contributed by atoms with Crippen molar-refractivity contribution in [2.24, 2.45) is 0 Å². The van der Waals surface area contributed by atoms with Gasteiger partial charge in [0.2, 0.25) is 0 Å². The molecule has 0 saturated heterocycles. The molecule has 1 unspecified atom stereocenters. The summed E-state index contributed by atoms with van der Waals surface area (Å²) in [5, 5.41) is 0.336. The average Bonchev–Trinajstić information content (AvgIpc) is 2.98. The highest BCUT2D eigenvalue weighted by molar-refractivity contribution is 7.93. The highest BCUT2D eigenvalue weighted by Gasteiger charge is 2.34. The monoisotopic (exact) mass is 461 g/mol. The first-order chi connectivity index (χ1) is 13.2. The number of hydrogen-bond acceptors (Lipinski definition) is 6. The van der Waals surface area contributed by atoms with Crippen molar-refractivity contribution < 1.29 is 21.9 Å². The van der Waals surface area contributed by atoms with E-state index in [1.807, 2.05) is 0 Å². The minimum atomic E-state index is -4.14. The molecular formula is C17H16Cl2N2O5PS+. The topological polar surface area (TPSA) is 89.7 Å². The van der Waals surface area contributed by atoms with Crippen molar-refractivity contribution in [2.45, 2.75) is 18.7 Å². The fourth-order valence-electron chi connectivity index (χ4n) is 2.57. The van der Waals surface area contributed by atoms with E-state index < -0.39 is 18.1 Å². The molecule has 1 heterocycles. The van der Waals surface area contributed by atoms with E-state index >= 15 is 0 Å². The molecule has 0 radical (unpaired) electrons. The molecule has 3 aromatic rings. The molecule has 0 N–H and O–H groups in total. The maximum Gasteiger partial charge on any atom is 0.531 e. The first-order valence-electron chi connectivity index (χ1n) is 8.14. The van der Waals surface area contributed by atoms with Crippen LogP contribution in [0.5, 0.6) is 0 Å². The lowest BCUT2D eigenvalue weighted by Gasteiger charge is -2.20. The van der Waals surface area contributed by atoms with Gasteiger partial charge in [0, 0.05) is 23.0 Å². The van der Waals surface area contributed by atoms with E-state index in [9.17, 15) is 13.0 Å². The zero-order valence-electron chi connectivity index (χ0n) is 14.9. The van der Waals surface area contributed by atoms with E-state index in [-0.39, 0.29) is 33.5 Å². The molecule has 1 atom stereocenters. The van der Waals surface area contributed by atoms with Gasteiger partial charge in [0.25, 0.3) is 16.3 Å². The summed E-state index contributed by atoms with van der Waals surface area (Å²) in [7, 11) is -6.40. The molecule has 0 spiro atoms. The van der Waals surface area contributed by atoms with Crippen molar-refractivity contribution >= 4 is 58.0 Å². The van der Waals surface area contributed by atoms with E-state index in [4.69, 9.17) is 32.1 Å². The van der Waals surface area contributed by atoms with Gasteiger partial charge in [-0.1, -0.05) is 23.2 Å². The van der Waals surface area contributed by atoms with Gasteiger partial charge in [-0.05, 0) is 41.8 Å². The number of anilines is 1. The minimum absolute atomic E-state index is 0.126. The van der Waals surface area contributed by atoms with Gasteiger partial charge < -0.3 is 4.42 Å². The molecule has 7 nitrogen and oxygen atoms in total. The van der Waals surface area contributed by atoms with Gasteiger partial charge in [-0.25, -0.2) is 17.7 Å². The predicted octanol–water partition coefficient (Wildman–Crippen LogP) is 5.37. The van der Waals surface area contributed by atoms with Crippen LogP contribution in [-0.2, 0) is 19.1 Å². The standard InChI is InChI=1S/C17H16Cl2N2O5PS/c1-3-25-27(22)10-21(14-4-5-16-17(9-14)26-11(2)20-16)28(23,24)15-7-12(18)6-13(19)8-15/h4-9H,3,10H2,1-2H3/q+1. The Morgan fingerprint density at radius 2 is 1.86 bits per heavy atom. The lowest BCUT2D eigenvalue weighted by molar-refractivity contribution is 0.351. The van der Waals surface area contributed by atoms with Crippen molar-refractivity contribution in [2.75, 3.05) is 17.2 Å². The predicted molar refractivity (Wildman–Crippen MR) is 109 cm³/mol. The third-order valence-electron chi connectivity index (χ3n) is 3.71. The van der Waals surface area contributed by atoms with Gasteiger partial charge in [-0.2, -0.15) is 0 Å². The zero-order valence-corrected chi connectivity index (χ0v) is 18.1. The van der Waals surface area contributed by atoms with E-state index in [1.54, 1.807) is 26.0 Å². The molecule has 28 heavy (non-hydrogen) atoms. The van der Waals surface area contributed by atoms with E-state index in [2.05, 4.69) is 4.98 Å². The second-order valence-corrected chi connectivity index (χ2v) is 9.68. The number of rotatable bonds is 7. The summed E-state index contributed by atoms with van der Waals surface area (Å²) in [6, 6.07) is 8.69. The maximum absolute atomic E-state index is 13.3. The van der Waals surface area contributed by atoms with Crippen LogP contribution >= 0.6 is 31.2 Å². The van der Waals surface area contributed by atoms with Crippen molar-refractivity contribution in [3.05, 3.63) is 52.3 Å². The van der Waals surface area contributed by atoms with Gasteiger partial charge in [0.15, 0.2) is 11.5 Å². The largest absolute Gasteiger partial charge is 0.531 e. The van der Waals surface area contributed by atoms with Gasteiger partial charge >= 0.3 is 8.03 Å². The summed E-state index contributed by atoms with van der Waals surface area (Å²) in [5.74, 6) is 0.448. The van der Waals surface area contributed by atoms with Gasteiger partial charge in [0.05, 0.1) is 17.2 Å². The van der Waals surface area contributed by atoms with E-state index in [0.29, 0.717) is 17.0 Å². The third-order valence-corrected chi connectivity index (χ3v) is 7.15. The van der Waals surface area contributed by atoms with Crippen LogP contribution in [0.1, 0.15) is 12.8 Å². The normalized spacial score (nSPS) is 12.4. The Kier molecular flexibility index (Phi) is 6.27. The minimum Gasteiger partial charge on any atom is -0.441 e. The number of oxazole rings is 1. The molecule has 0 aliphatic heterocycles. The lowest BCUT2D eigenvalue weighted by atomic mass is 10.3. The molecule has 0 amide bonds. The molecule has 0 aliphatic rings. The van der Waals surface area contributed by atoms with Crippen molar-refractivity contribution in [1.82, 2.24) is 4.98 Å². The molecule has 0 aliphatic carbocycles. The molecule has 0 saturated carbocycles. The number of fused-ring (bicyclic) bond motifs is 1. The van der Waals surface area contributed by atoms with Crippen LogP contribution in [0.4, 0.5) is 5.69 Å². The van der Waals surface area contributed by atoms with Gasteiger partial charge in [-0.3, -0.25) is 0 Å². The number of nitrogens with zero attached hydrogens (tertiary/aromatic N) is 2. The molecule has 3 rings (SSSR count). The first kappa shape index (κ1) is 21.0. The fraction of sp³-hybridized carbons (Fsp3) is 0.235. The number of halogens is 2. The molecule has 0 bridgehead atoms. The van der Waals surface area contributed by atoms with E-state index in [1.165, 1.54) is 24.3 Å². The quantitative estimate of drug-likeness (QED) is 0.439. The summed E-state index contributed by atoms with van der Waals surface area (Å²) in [6.45, 7) is 3.55. The van der Waals surface area contributed by atoms with Crippen LogP contribution in [0.2, 0.25) is 10.0 Å². The summed E-state index contributed by atoms with van der Waals surface area (Å²) < 4.78 is 50.4. The van der Waals surface area contributed by atoms with Crippen LogP contribution in [0.25, 0.3) is 11.1 Å². The molecule has 11 heteroatoms. The Morgan fingerprint density at radius 1 is 1.18 bits per heavy atom. The van der Waals surface area contributed by atoms with Gasteiger partial charge in [-0.15, -0.1) is 4.52 Å². The Hall–Kier alpha value is -1.70. The smallest absolute Gasteiger partial charge is 0.441 e. The number of benzene rings is 2. The van der Waals surface area contributed by atoms with E-state index in [0.717, 1.165) is 4.31 Å². The van der Waals surface area contributed by atoms with Crippen molar-refractivity contribution in [3.8, 4) is 0 Å². The number of hydrogen-bond donors (Lipinski definition) is 0. The van der Waals surface area contributed by atoms with Crippen LogP contribution in [0.15, 0.2) is 45.7 Å². The summed E-state index contributed by atoms with van der Waals surface area (Å²) in [5.41, 5.74) is 1.24. The summed E-state index contributed by atoms with van der Waals surface area (Å²) >= 11 is 11.9. The Bertz CT molecular complexity index is 1130. The number of aryl methyl sites for hydroxylation is 1. The molecule has 148 valence electrons. The first-order valence-corrected chi connectivity index (χ1v) is 11.7. The van der Waals surface area contributed by atoms with Crippen LogP contribution < -0.4 is 4.31 Å².